The summed E-state index contributed by atoms with van der Waals surface area (Å²) >= 11 is 0. The second kappa shape index (κ2) is 7.94. The van der Waals surface area contributed by atoms with Crippen LogP contribution >= 0.6 is 0 Å². The molecule has 0 heterocycles. The maximum Gasteiger partial charge on any atom is 0.161 e. The van der Waals surface area contributed by atoms with Crippen LogP contribution in [0.15, 0.2) is 48.5 Å². The van der Waals surface area contributed by atoms with Crippen molar-refractivity contribution in [1.82, 2.24) is 0 Å². The summed E-state index contributed by atoms with van der Waals surface area (Å²) in [5.74, 6) is 2.15. The van der Waals surface area contributed by atoms with Crippen molar-refractivity contribution in [2.24, 2.45) is 0 Å². The number of benzene rings is 2. The molecule has 0 saturated heterocycles. The third-order valence-electron chi connectivity index (χ3n) is 2.77. The Morgan fingerprint density at radius 2 is 1.48 bits per heavy atom. The standard InChI is InChI=1S/C17H18O4/c1-2-19-16-5-3-4-6-17(16)21-12-11-20-15-9-7-14(13-18)8-10-15/h3-10,13H,2,11-12H2,1H3. The average molecular weight is 286 g/mol. The highest BCUT2D eigenvalue weighted by molar-refractivity contribution is 5.74. The quantitative estimate of drug-likeness (QED) is 0.551. The molecule has 0 bridgehead atoms. The van der Waals surface area contributed by atoms with E-state index in [4.69, 9.17) is 14.2 Å². The fraction of sp³-hybridized carbons (Fsp3) is 0.235. The number of hydrogen-bond acceptors (Lipinski definition) is 4. The van der Waals surface area contributed by atoms with Crippen LogP contribution in [0.2, 0.25) is 0 Å². The zero-order chi connectivity index (χ0) is 14.9. The van der Waals surface area contributed by atoms with Crippen molar-refractivity contribution in [2.45, 2.75) is 6.92 Å². The Morgan fingerprint density at radius 3 is 2.10 bits per heavy atom. The Balaban J connectivity index is 1.80. The fourth-order valence-corrected chi connectivity index (χ4v) is 1.80. The van der Waals surface area contributed by atoms with Gasteiger partial charge in [-0.05, 0) is 43.3 Å². The molecule has 0 spiro atoms. The van der Waals surface area contributed by atoms with Crippen LogP contribution in [0.4, 0.5) is 0 Å². The Hall–Kier alpha value is -2.49. The molecule has 4 nitrogen and oxygen atoms in total. The summed E-state index contributed by atoms with van der Waals surface area (Å²) < 4.78 is 16.7. The molecule has 21 heavy (non-hydrogen) atoms. The van der Waals surface area contributed by atoms with E-state index in [1.807, 2.05) is 31.2 Å². The fourth-order valence-electron chi connectivity index (χ4n) is 1.80. The highest BCUT2D eigenvalue weighted by atomic mass is 16.5. The highest BCUT2D eigenvalue weighted by Crippen LogP contribution is 2.26. The van der Waals surface area contributed by atoms with Gasteiger partial charge >= 0.3 is 0 Å². The third-order valence-corrected chi connectivity index (χ3v) is 2.77. The molecule has 0 aromatic heterocycles. The van der Waals surface area contributed by atoms with E-state index in [2.05, 4.69) is 0 Å². The van der Waals surface area contributed by atoms with Crippen molar-refractivity contribution in [3.8, 4) is 17.2 Å². The average Bonchev–Trinajstić information content (AvgIpc) is 2.54. The summed E-state index contributed by atoms with van der Waals surface area (Å²) in [6, 6.07) is 14.5. The molecular formula is C17H18O4. The first-order valence-electron chi connectivity index (χ1n) is 6.86. The van der Waals surface area contributed by atoms with Crippen LogP contribution in [0.3, 0.4) is 0 Å². The van der Waals surface area contributed by atoms with Crippen LogP contribution in [0.1, 0.15) is 17.3 Å². The Morgan fingerprint density at radius 1 is 0.857 bits per heavy atom. The molecule has 0 radical (unpaired) electrons. The van der Waals surface area contributed by atoms with E-state index in [0.717, 1.165) is 12.0 Å². The Bertz CT molecular complexity index is 563. The maximum absolute atomic E-state index is 10.5. The second-order valence-corrected chi connectivity index (χ2v) is 4.26. The summed E-state index contributed by atoms with van der Waals surface area (Å²) in [5, 5.41) is 0. The van der Waals surface area contributed by atoms with E-state index in [0.29, 0.717) is 36.9 Å². The molecular weight excluding hydrogens is 268 g/mol. The molecule has 0 amide bonds. The topological polar surface area (TPSA) is 44.8 Å². The van der Waals surface area contributed by atoms with E-state index in [1.54, 1.807) is 24.3 Å². The molecule has 2 aromatic carbocycles. The first kappa shape index (κ1) is 14.9. The van der Waals surface area contributed by atoms with Crippen LogP contribution in [0, 0.1) is 0 Å². The number of carbonyl (C=O) groups excluding carboxylic acids is 1. The van der Waals surface area contributed by atoms with Gasteiger partial charge in [-0.3, -0.25) is 4.79 Å². The van der Waals surface area contributed by atoms with Crippen molar-refractivity contribution in [3.63, 3.8) is 0 Å². The molecule has 2 rings (SSSR count). The molecule has 0 N–H and O–H groups in total. The number of para-hydroxylation sites is 2. The molecule has 0 unspecified atom stereocenters. The monoisotopic (exact) mass is 286 g/mol. The van der Waals surface area contributed by atoms with Gasteiger partial charge in [0.05, 0.1) is 6.61 Å². The second-order valence-electron chi connectivity index (χ2n) is 4.26. The molecule has 0 saturated carbocycles. The van der Waals surface area contributed by atoms with Crippen LogP contribution in [0.25, 0.3) is 0 Å². The number of ether oxygens (including phenoxy) is 3. The summed E-state index contributed by atoms with van der Waals surface area (Å²) in [6.07, 6.45) is 0.803. The van der Waals surface area contributed by atoms with Crippen molar-refractivity contribution < 1.29 is 19.0 Å². The largest absolute Gasteiger partial charge is 0.490 e. The minimum Gasteiger partial charge on any atom is -0.490 e. The van der Waals surface area contributed by atoms with Gasteiger partial charge in [0.1, 0.15) is 25.2 Å². The van der Waals surface area contributed by atoms with Gasteiger partial charge in [-0.25, -0.2) is 0 Å². The van der Waals surface area contributed by atoms with Crippen molar-refractivity contribution in [3.05, 3.63) is 54.1 Å². The lowest BCUT2D eigenvalue weighted by atomic mass is 10.2. The smallest absolute Gasteiger partial charge is 0.161 e. The van der Waals surface area contributed by atoms with Crippen molar-refractivity contribution in [2.75, 3.05) is 19.8 Å². The SMILES string of the molecule is CCOc1ccccc1OCCOc1ccc(C=O)cc1. The van der Waals surface area contributed by atoms with Gasteiger partial charge in [0.2, 0.25) is 0 Å². The van der Waals surface area contributed by atoms with E-state index < -0.39 is 0 Å². The highest BCUT2D eigenvalue weighted by Gasteiger charge is 2.03. The zero-order valence-corrected chi connectivity index (χ0v) is 12.0. The number of rotatable bonds is 8. The summed E-state index contributed by atoms with van der Waals surface area (Å²) in [7, 11) is 0. The summed E-state index contributed by atoms with van der Waals surface area (Å²) in [5.41, 5.74) is 0.629. The van der Waals surface area contributed by atoms with Crippen LogP contribution in [-0.2, 0) is 0 Å². The van der Waals surface area contributed by atoms with E-state index >= 15 is 0 Å². The third kappa shape index (κ3) is 4.53. The van der Waals surface area contributed by atoms with E-state index in [9.17, 15) is 4.79 Å². The predicted octanol–water partition coefficient (Wildman–Crippen LogP) is 3.36. The molecule has 4 heteroatoms. The lowest BCUT2D eigenvalue weighted by Gasteiger charge is -2.12. The summed E-state index contributed by atoms with van der Waals surface area (Å²) in [4.78, 5) is 10.5. The molecule has 0 atom stereocenters. The Labute approximate surface area is 124 Å². The van der Waals surface area contributed by atoms with Crippen LogP contribution < -0.4 is 14.2 Å². The van der Waals surface area contributed by atoms with Gasteiger partial charge in [-0.15, -0.1) is 0 Å². The van der Waals surface area contributed by atoms with Gasteiger partial charge < -0.3 is 14.2 Å². The molecule has 0 fully saturated rings. The van der Waals surface area contributed by atoms with Gasteiger partial charge in [0, 0.05) is 5.56 Å². The minimum atomic E-state index is 0.416. The lowest BCUT2D eigenvalue weighted by molar-refractivity contribution is 0.112. The first-order chi connectivity index (χ1) is 10.3. The molecule has 0 aliphatic rings. The molecule has 2 aromatic rings. The molecule has 0 aliphatic carbocycles. The minimum absolute atomic E-state index is 0.416. The molecule has 110 valence electrons. The predicted molar refractivity (Wildman–Crippen MR) is 80.4 cm³/mol. The van der Waals surface area contributed by atoms with Gasteiger partial charge in [0.25, 0.3) is 0 Å². The number of aldehydes is 1. The van der Waals surface area contributed by atoms with E-state index in [1.165, 1.54) is 0 Å². The van der Waals surface area contributed by atoms with Crippen LogP contribution in [-0.4, -0.2) is 26.1 Å². The van der Waals surface area contributed by atoms with E-state index in [-0.39, 0.29) is 0 Å². The number of hydrogen-bond donors (Lipinski definition) is 0. The first-order valence-corrected chi connectivity index (χ1v) is 6.86. The Kier molecular flexibility index (Phi) is 5.64. The van der Waals surface area contributed by atoms with Crippen LogP contribution in [0.5, 0.6) is 17.2 Å². The zero-order valence-electron chi connectivity index (χ0n) is 12.0. The van der Waals surface area contributed by atoms with Crippen molar-refractivity contribution >= 4 is 6.29 Å². The maximum atomic E-state index is 10.5. The van der Waals surface area contributed by atoms with Crippen molar-refractivity contribution in [1.29, 1.82) is 0 Å². The summed E-state index contributed by atoms with van der Waals surface area (Å²) in [6.45, 7) is 3.36. The normalized spacial score (nSPS) is 9.95. The van der Waals surface area contributed by atoms with Gasteiger partial charge in [0.15, 0.2) is 11.5 Å². The number of carbonyl (C=O) groups is 1. The molecule has 0 aliphatic heterocycles. The lowest BCUT2D eigenvalue weighted by Crippen LogP contribution is -2.09. The van der Waals surface area contributed by atoms with Gasteiger partial charge in [-0.1, -0.05) is 12.1 Å². The van der Waals surface area contributed by atoms with Gasteiger partial charge in [-0.2, -0.15) is 0 Å².